The molecule has 0 aliphatic carbocycles. The van der Waals surface area contributed by atoms with Crippen LogP contribution in [-0.4, -0.2) is 13.1 Å². The summed E-state index contributed by atoms with van der Waals surface area (Å²) >= 11 is 0. The lowest BCUT2D eigenvalue weighted by Gasteiger charge is -2.20. The van der Waals surface area contributed by atoms with E-state index < -0.39 is 0 Å². The molecule has 0 saturated heterocycles. The van der Waals surface area contributed by atoms with Gasteiger partial charge in [0.25, 0.3) is 0 Å². The van der Waals surface area contributed by atoms with Crippen LogP contribution in [0.1, 0.15) is 18.1 Å². The predicted molar refractivity (Wildman–Crippen MR) is 80.9 cm³/mol. The van der Waals surface area contributed by atoms with E-state index >= 15 is 0 Å². The molecule has 0 bridgehead atoms. The molecule has 1 aliphatic heterocycles. The van der Waals surface area contributed by atoms with Crippen molar-refractivity contribution < 1.29 is 4.39 Å². The standard InChI is InChI=1S/C17H19FN2/c1-2-19-12-13-3-7-16(8-4-13)20-10-9-14-5-6-15(18)11-17(14)20/h3-8,11,19H,2,9-10,12H2,1H3. The van der Waals surface area contributed by atoms with Crippen LogP contribution in [0.15, 0.2) is 42.5 Å². The summed E-state index contributed by atoms with van der Waals surface area (Å²) < 4.78 is 13.4. The molecule has 0 unspecified atom stereocenters. The van der Waals surface area contributed by atoms with Gasteiger partial charge in [-0.25, -0.2) is 4.39 Å². The topological polar surface area (TPSA) is 15.3 Å². The van der Waals surface area contributed by atoms with Crippen molar-refractivity contribution >= 4 is 11.4 Å². The van der Waals surface area contributed by atoms with E-state index in [1.54, 1.807) is 12.1 Å². The molecule has 0 atom stereocenters. The number of benzene rings is 2. The first-order chi connectivity index (χ1) is 9.78. The Labute approximate surface area is 119 Å². The summed E-state index contributed by atoms with van der Waals surface area (Å²) in [5.41, 5.74) is 4.64. The number of hydrogen-bond donors (Lipinski definition) is 1. The highest BCUT2D eigenvalue weighted by Crippen LogP contribution is 2.34. The summed E-state index contributed by atoms with van der Waals surface area (Å²) in [6.07, 6.45) is 0.981. The van der Waals surface area contributed by atoms with Gasteiger partial charge in [0.2, 0.25) is 0 Å². The highest BCUT2D eigenvalue weighted by atomic mass is 19.1. The molecule has 1 heterocycles. The van der Waals surface area contributed by atoms with Crippen LogP contribution in [0.25, 0.3) is 0 Å². The molecule has 3 rings (SSSR count). The van der Waals surface area contributed by atoms with Crippen LogP contribution < -0.4 is 10.2 Å². The third-order valence-electron chi connectivity index (χ3n) is 3.77. The van der Waals surface area contributed by atoms with Gasteiger partial charge >= 0.3 is 0 Å². The lowest BCUT2D eigenvalue weighted by atomic mass is 10.1. The van der Waals surface area contributed by atoms with Gasteiger partial charge in [-0.15, -0.1) is 0 Å². The van der Waals surface area contributed by atoms with Crippen molar-refractivity contribution in [2.45, 2.75) is 19.9 Å². The second kappa shape index (κ2) is 5.63. The van der Waals surface area contributed by atoms with E-state index in [1.165, 1.54) is 11.1 Å². The van der Waals surface area contributed by atoms with Crippen LogP contribution in [-0.2, 0) is 13.0 Å². The minimum absolute atomic E-state index is 0.167. The molecule has 104 valence electrons. The molecule has 2 aromatic rings. The number of anilines is 2. The highest BCUT2D eigenvalue weighted by molar-refractivity contribution is 5.69. The second-order valence-electron chi connectivity index (χ2n) is 5.12. The van der Waals surface area contributed by atoms with Gasteiger partial charge in [-0.1, -0.05) is 25.1 Å². The minimum atomic E-state index is -0.167. The molecule has 1 N–H and O–H groups in total. The fourth-order valence-electron chi connectivity index (χ4n) is 2.68. The molecule has 0 saturated carbocycles. The normalized spacial score (nSPS) is 13.6. The average molecular weight is 270 g/mol. The smallest absolute Gasteiger partial charge is 0.125 e. The summed E-state index contributed by atoms with van der Waals surface area (Å²) in [6, 6.07) is 13.6. The number of halogens is 1. The highest BCUT2D eigenvalue weighted by Gasteiger charge is 2.20. The molecule has 20 heavy (non-hydrogen) atoms. The van der Waals surface area contributed by atoms with E-state index in [4.69, 9.17) is 0 Å². The van der Waals surface area contributed by atoms with Gasteiger partial charge in [0, 0.05) is 24.5 Å². The van der Waals surface area contributed by atoms with Crippen LogP contribution in [0, 0.1) is 5.82 Å². The van der Waals surface area contributed by atoms with E-state index in [9.17, 15) is 4.39 Å². The van der Waals surface area contributed by atoms with Crippen molar-refractivity contribution in [2.75, 3.05) is 18.0 Å². The summed E-state index contributed by atoms with van der Waals surface area (Å²) in [7, 11) is 0. The Morgan fingerprint density at radius 2 is 1.95 bits per heavy atom. The first kappa shape index (κ1) is 13.1. The van der Waals surface area contributed by atoms with E-state index in [0.717, 1.165) is 37.4 Å². The van der Waals surface area contributed by atoms with Crippen molar-refractivity contribution in [2.24, 2.45) is 0 Å². The number of rotatable bonds is 4. The second-order valence-corrected chi connectivity index (χ2v) is 5.12. The lowest BCUT2D eigenvalue weighted by molar-refractivity contribution is 0.628. The molecule has 3 heteroatoms. The summed E-state index contributed by atoms with van der Waals surface area (Å²) in [5, 5.41) is 3.31. The van der Waals surface area contributed by atoms with E-state index in [1.807, 2.05) is 6.07 Å². The van der Waals surface area contributed by atoms with Gasteiger partial charge in [-0.3, -0.25) is 0 Å². The Morgan fingerprint density at radius 3 is 2.70 bits per heavy atom. The van der Waals surface area contributed by atoms with Crippen LogP contribution in [0.2, 0.25) is 0 Å². The Kier molecular flexibility index (Phi) is 3.70. The van der Waals surface area contributed by atoms with Crippen LogP contribution in [0.4, 0.5) is 15.8 Å². The third kappa shape index (κ3) is 2.54. The van der Waals surface area contributed by atoms with Crippen LogP contribution in [0.3, 0.4) is 0 Å². The quantitative estimate of drug-likeness (QED) is 0.912. The summed E-state index contributed by atoms with van der Waals surface area (Å²) in [6.45, 7) is 4.89. The molecule has 1 aliphatic rings. The zero-order valence-corrected chi connectivity index (χ0v) is 11.7. The van der Waals surface area contributed by atoms with Crippen molar-refractivity contribution in [3.05, 3.63) is 59.4 Å². The van der Waals surface area contributed by atoms with Gasteiger partial charge in [-0.05, 0) is 48.4 Å². The minimum Gasteiger partial charge on any atom is -0.341 e. The number of nitrogens with zero attached hydrogens (tertiary/aromatic N) is 1. The van der Waals surface area contributed by atoms with Crippen molar-refractivity contribution in [1.29, 1.82) is 0 Å². The van der Waals surface area contributed by atoms with Crippen molar-refractivity contribution in [3.8, 4) is 0 Å². The van der Waals surface area contributed by atoms with Crippen LogP contribution in [0.5, 0.6) is 0 Å². The first-order valence-electron chi connectivity index (χ1n) is 7.13. The van der Waals surface area contributed by atoms with Crippen molar-refractivity contribution in [3.63, 3.8) is 0 Å². The lowest BCUT2D eigenvalue weighted by Crippen LogP contribution is -2.14. The third-order valence-corrected chi connectivity index (χ3v) is 3.77. The summed E-state index contributed by atoms with van der Waals surface area (Å²) in [4.78, 5) is 2.19. The maximum atomic E-state index is 13.4. The molecule has 2 nitrogen and oxygen atoms in total. The maximum Gasteiger partial charge on any atom is 0.125 e. The monoisotopic (exact) mass is 270 g/mol. The Balaban J connectivity index is 1.83. The first-order valence-corrected chi connectivity index (χ1v) is 7.13. The zero-order chi connectivity index (χ0) is 13.9. The Morgan fingerprint density at radius 1 is 1.15 bits per heavy atom. The average Bonchev–Trinajstić information content (AvgIpc) is 2.88. The molecule has 2 aromatic carbocycles. The number of nitrogens with one attached hydrogen (secondary N) is 1. The Bertz CT molecular complexity index is 592. The van der Waals surface area contributed by atoms with E-state index in [-0.39, 0.29) is 5.82 Å². The largest absolute Gasteiger partial charge is 0.341 e. The molecular formula is C17H19FN2. The van der Waals surface area contributed by atoms with E-state index in [2.05, 4.69) is 41.4 Å². The number of hydrogen-bond acceptors (Lipinski definition) is 2. The van der Waals surface area contributed by atoms with Gasteiger partial charge in [-0.2, -0.15) is 0 Å². The van der Waals surface area contributed by atoms with Gasteiger partial charge in [0.1, 0.15) is 5.82 Å². The molecule has 0 radical (unpaired) electrons. The van der Waals surface area contributed by atoms with Crippen molar-refractivity contribution in [1.82, 2.24) is 5.32 Å². The van der Waals surface area contributed by atoms with Gasteiger partial charge < -0.3 is 10.2 Å². The zero-order valence-electron chi connectivity index (χ0n) is 11.7. The van der Waals surface area contributed by atoms with E-state index in [0.29, 0.717) is 0 Å². The number of fused-ring (bicyclic) bond motifs is 1. The Hall–Kier alpha value is -1.87. The molecular weight excluding hydrogens is 251 g/mol. The SMILES string of the molecule is CCNCc1ccc(N2CCc3ccc(F)cc32)cc1. The van der Waals surface area contributed by atoms with Crippen LogP contribution >= 0.6 is 0 Å². The molecule has 0 amide bonds. The van der Waals surface area contributed by atoms with Gasteiger partial charge in [0.05, 0.1) is 0 Å². The maximum absolute atomic E-state index is 13.4. The molecule has 0 spiro atoms. The predicted octanol–water partition coefficient (Wildman–Crippen LogP) is 3.63. The summed E-state index contributed by atoms with van der Waals surface area (Å²) in [5.74, 6) is -0.167. The molecule has 0 aromatic heterocycles. The van der Waals surface area contributed by atoms with Gasteiger partial charge in [0.15, 0.2) is 0 Å². The fraction of sp³-hybridized carbons (Fsp3) is 0.294. The fourth-order valence-corrected chi connectivity index (χ4v) is 2.68. The molecule has 0 fully saturated rings.